The number of aromatic carboxylic acids is 1. The van der Waals surface area contributed by atoms with Gasteiger partial charge in [-0.25, -0.2) is 13.2 Å². The molecule has 0 bridgehead atoms. The topological polar surface area (TPSA) is 108 Å². The van der Waals surface area contributed by atoms with Crippen LogP contribution in [-0.4, -0.2) is 48.1 Å². The van der Waals surface area contributed by atoms with Gasteiger partial charge in [-0.2, -0.15) is 4.31 Å². The molecule has 21 heavy (non-hydrogen) atoms. The van der Waals surface area contributed by atoms with Gasteiger partial charge in [0.2, 0.25) is 10.0 Å². The number of piperidine rings is 1. The highest BCUT2D eigenvalue weighted by Gasteiger charge is 2.38. The summed E-state index contributed by atoms with van der Waals surface area (Å²) in [4.78, 5) is 11.0. The summed E-state index contributed by atoms with van der Waals surface area (Å²) in [5, 5.41) is 19.1. The van der Waals surface area contributed by atoms with Crippen LogP contribution >= 0.6 is 0 Å². The molecule has 8 heteroatoms. The molecule has 2 rings (SSSR count). The quantitative estimate of drug-likeness (QED) is 0.860. The molecule has 2 atom stereocenters. The second-order valence-electron chi connectivity index (χ2n) is 5.42. The van der Waals surface area contributed by atoms with E-state index in [9.17, 15) is 23.4 Å². The van der Waals surface area contributed by atoms with E-state index >= 15 is 0 Å². The lowest BCUT2D eigenvalue weighted by atomic mass is 9.98. The van der Waals surface area contributed by atoms with E-state index in [0.29, 0.717) is 6.42 Å². The third-order valence-electron chi connectivity index (χ3n) is 3.90. The van der Waals surface area contributed by atoms with E-state index in [2.05, 4.69) is 0 Å². The van der Waals surface area contributed by atoms with Gasteiger partial charge in [-0.05, 0) is 26.2 Å². The van der Waals surface area contributed by atoms with Gasteiger partial charge >= 0.3 is 5.97 Å². The van der Waals surface area contributed by atoms with E-state index in [1.54, 1.807) is 0 Å². The molecule has 0 amide bonds. The molecule has 1 fully saturated rings. The monoisotopic (exact) mass is 317 g/mol. The van der Waals surface area contributed by atoms with Crippen LogP contribution in [0.3, 0.4) is 0 Å². The number of carbonyl (C=O) groups is 1. The molecule has 2 N–H and O–H groups in total. The third-order valence-corrected chi connectivity index (χ3v) is 5.92. The lowest BCUT2D eigenvalue weighted by Crippen LogP contribution is -2.46. The highest BCUT2D eigenvalue weighted by atomic mass is 32.2. The number of hydrogen-bond acceptors (Lipinski definition) is 5. The molecule has 0 saturated carbocycles. The highest BCUT2D eigenvalue weighted by Crippen LogP contribution is 2.31. The van der Waals surface area contributed by atoms with Crippen LogP contribution in [0.15, 0.2) is 9.31 Å². The molecule has 118 valence electrons. The summed E-state index contributed by atoms with van der Waals surface area (Å²) in [7, 11) is -4.01. The van der Waals surface area contributed by atoms with Crippen LogP contribution in [0.25, 0.3) is 0 Å². The summed E-state index contributed by atoms with van der Waals surface area (Å²) in [5.41, 5.74) is -0.333. The predicted molar refractivity (Wildman–Crippen MR) is 73.7 cm³/mol. The summed E-state index contributed by atoms with van der Waals surface area (Å²) in [5.74, 6) is -1.21. The molecule has 0 aromatic carbocycles. The minimum absolute atomic E-state index is 0.0163. The van der Waals surface area contributed by atoms with Gasteiger partial charge in [0.05, 0.1) is 6.10 Å². The van der Waals surface area contributed by atoms with Crippen molar-refractivity contribution < 1.29 is 27.8 Å². The molecule has 0 radical (unpaired) electrons. The Bertz CT molecular complexity index is 662. The lowest BCUT2D eigenvalue weighted by molar-refractivity contribution is 0.0603. The van der Waals surface area contributed by atoms with Gasteiger partial charge < -0.3 is 14.6 Å². The molecule has 0 spiro atoms. The van der Waals surface area contributed by atoms with Gasteiger partial charge in [-0.3, -0.25) is 0 Å². The fraction of sp³-hybridized carbons (Fsp3) is 0.615. The van der Waals surface area contributed by atoms with E-state index in [1.807, 2.05) is 6.92 Å². The van der Waals surface area contributed by atoms with Gasteiger partial charge in [-0.1, -0.05) is 6.92 Å². The molecule has 1 aliphatic rings. The number of carboxylic acids is 1. The van der Waals surface area contributed by atoms with E-state index in [0.717, 1.165) is 4.31 Å². The second kappa shape index (κ2) is 5.43. The van der Waals surface area contributed by atoms with Crippen LogP contribution in [0.4, 0.5) is 0 Å². The number of β-amino-alcohol motifs (C(OH)–C–C–N with tert-alkyl or cyclic N) is 1. The Kier molecular flexibility index (Phi) is 4.14. The van der Waals surface area contributed by atoms with Crippen molar-refractivity contribution in [2.45, 2.75) is 38.2 Å². The lowest BCUT2D eigenvalue weighted by Gasteiger charge is -2.33. The molecule has 0 aliphatic carbocycles. The Morgan fingerprint density at radius 3 is 2.48 bits per heavy atom. The number of sulfonamides is 1. The fourth-order valence-corrected chi connectivity index (χ4v) is 4.44. The number of nitrogens with zero attached hydrogens (tertiary/aromatic N) is 1. The predicted octanol–water partition coefficient (Wildman–Crippen LogP) is 0.986. The van der Waals surface area contributed by atoms with E-state index in [-0.39, 0.29) is 41.0 Å². The average molecular weight is 317 g/mol. The Hall–Kier alpha value is -1.38. The Morgan fingerprint density at radius 2 is 1.95 bits per heavy atom. The zero-order valence-corrected chi connectivity index (χ0v) is 13.0. The standard InChI is InChI=1S/C13H19NO6S/c1-7-4-5-14(6-10(7)15)21(18,19)12-9(3)20-8(2)11(12)13(16)17/h7,10,15H,4-6H2,1-3H3,(H,16,17). The Balaban J connectivity index is 2.48. The van der Waals surface area contributed by atoms with Crippen molar-refractivity contribution in [3.63, 3.8) is 0 Å². The minimum Gasteiger partial charge on any atom is -0.478 e. The molecule has 2 unspecified atom stereocenters. The molecule has 1 aromatic rings. The first-order valence-corrected chi connectivity index (χ1v) is 8.11. The average Bonchev–Trinajstić information content (AvgIpc) is 2.68. The van der Waals surface area contributed by atoms with Crippen molar-refractivity contribution >= 4 is 16.0 Å². The van der Waals surface area contributed by atoms with Gasteiger partial charge in [-0.15, -0.1) is 0 Å². The molecule has 1 saturated heterocycles. The molecule has 2 heterocycles. The van der Waals surface area contributed by atoms with Crippen molar-refractivity contribution in [2.24, 2.45) is 5.92 Å². The molecule has 1 aliphatic heterocycles. The number of aliphatic hydroxyl groups is 1. The summed E-state index contributed by atoms with van der Waals surface area (Å²) in [6.07, 6.45) is -0.228. The van der Waals surface area contributed by atoms with Crippen LogP contribution < -0.4 is 0 Å². The Labute approximate surface area is 123 Å². The molecular weight excluding hydrogens is 298 g/mol. The maximum Gasteiger partial charge on any atom is 0.340 e. The van der Waals surface area contributed by atoms with E-state index in [1.165, 1.54) is 13.8 Å². The fourth-order valence-electron chi connectivity index (χ4n) is 2.59. The number of aliphatic hydroxyl groups excluding tert-OH is 1. The number of aryl methyl sites for hydroxylation is 2. The van der Waals surface area contributed by atoms with Crippen LogP contribution in [-0.2, 0) is 10.0 Å². The summed E-state index contributed by atoms with van der Waals surface area (Å²) < 4.78 is 31.7. The molecular formula is C13H19NO6S. The van der Waals surface area contributed by atoms with Crippen molar-refractivity contribution in [3.05, 3.63) is 17.1 Å². The summed E-state index contributed by atoms with van der Waals surface area (Å²) in [6.45, 7) is 4.91. The number of carboxylic acid groups (broad SMARTS) is 1. The number of hydrogen-bond donors (Lipinski definition) is 2. The number of rotatable bonds is 3. The van der Waals surface area contributed by atoms with Crippen LogP contribution in [0, 0.1) is 19.8 Å². The van der Waals surface area contributed by atoms with Crippen molar-refractivity contribution in [3.8, 4) is 0 Å². The second-order valence-corrected chi connectivity index (χ2v) is 7.29. The van der Waals surface area contributed by atoms with Crippen LogP contribution in [0.5, 0.6) is 0 Å². The van der Waals surface area contributed by atoms with Crippen LogP contribution in [0.2, 0.25) is 0 Å². The normalized spacial score (nSPS) is 24.2. The summed E-state index contributed by atoms with van der Waals surface area (Å²) >= 11 is 0. The van der Waals surface area contributed by atoms with E-state index in [4.69, 9.17) is 4.42 Å². The first-order chi connectivity index (χ1) is 9.66. The zero-order chi connectivity index (χ0) is 15.9. The zero-order valence-electron chi connectivity index (χ0n) is 12.2. The maximum atomic E-state index is 12.7. The third kappa shape index (κ3) is 2.70. The smallest absolute Gasteiger partial charge is 0.340 e. The van der Waals surface area contributed by atoms with Crippen molar-refractivity contribution in [2.75, 3.05) is 13.1 Å². The minimum atomic E-state index is -4.01. The van der Waals surface area contributed by atoms with Gasteiger partial charge in [0.1, 0.15) is 22.0 Å². The first-order valence-electron chi connectivity index (χ1n) is 6.67. The number of furan rings is 1. The maximum absolute atomic E-state index is 12.7. The Morgan fingerprint density at radius 1 is 1.33 bits per heavy atom. The van der Waals surface area contributed by atoms with Crippen LogP contribution in [0.1, 0.15) is 35.2 Å². The van der Waals surface area contributed by atoms with Crippen molar-refractivity contribution in [1.82, 2.24) is 4.31 Å². The summed E-state index contributed by atoms with van der Waals surface area (Å²) in [6, 6.07) is 0. The van der Waals surface area contributed by atoms with Gasteiger partial charge in [0.25, 0.3) is 0 Å². The largest absolute Gasteiger partial charge is 0.478 e. The SMILES string of the molecule is Cc1oc(C)c(S(=O)(=O)N2CCC(C)C(O)C2)c1C(=O)O. The van der Waals surface area contributed by atoms with Gasteiger partial charge in [0, 0.05) is 13.1 Å². The first kappa shape index (κ1) is 16.0. The van der Waals surface area contributed by atoms with Gasteiger partial charge in [0.15, 0.2) is 0 Å². The van der Waals surface area contributed by atoms with E-state index < -0.39 is 22.1 Å². The highest BCUT2D eigenvalue weighted by molar-refractivity contribution is 7.89. The molecule has 1 aromatic heterocycles. The molecule has 7 nitrogen and oxygen atoms in total. The van der Waals surface area contributed by atoms with Crippen molar-refractivity contribution in [1.29, 1.82) is 0 Å².